The number of nitrogens with zero attached hydrogens (tertiary/aromatic N) is 2. The summed E-state index contributed by atoms with van der Waals surface area (Å²) in [5, 5.41) is 0. The van der Waals surface area contributed by atoms with E-state index in [0.717, 1.165) is 31.2 Å². The van der Waals surface area contributed by atoms with Gasteiger partial charge < -0.3 is 4.90 Å². The van der Waals surface area contributed by atoms with E-state index in [4.69, 9.17) is 0 Å². The zero-order valence-corrected chi connectivity index (χ0v) is 14.7. The number of aromatic nitrogens is 1. The van der Waals surface area contributed by atoms with E-state index >= 15 is 0 Å². The van der Waals surface area contributed by atoms with Gasteiger partial charge in [0.05, 0.1) is 11.8 Å². The minimum atomic E-state index is -4.44. The quantitative estimate of drug-likeness (QED) is 0.871. The fourth-order valence-electron chi connectivity index (χ4n) is 3.11. The molecule has 0 radical (unpaired) electrons. The molecule has 2 heterocycles. The first kappa shape index (κ1) is 19.0. The molecule has 0 saturated carbocycles. The molecule has 5 nitrogen and oxygen atoms in total. The molecular weight excluding hydrogens is 343 g/mol. The van der Waals surface area contributed by atoms with Gasteiger partial charge in [0.25, 0.3) is 0 Å². The van der Waals surface area contributed by atoms with Gasteiger partial charge in [-0.1, -0.05) is 13.3 Å². The van der Waals surface area contributed by atoms with Crippen molar-refractivity contribution in [2.24, 2.45) is 5.92 Å². The van der Waals surface area contributed by atoms with Gasteiger partial charge in [-0.05, 0) is 31.4 Å². The molecule has 0 amide bonds. The monoisotopic (exact) mass is 365 g/mol. The van der Waals surface area contributed by atoms with Gasteiger partial charge in [0.2, 0.25) is 10.0 Å². The Morgan fingerprint density at radius 1 is 1.33 bits per heavy atom. The number of anilines is 1. The molecule has 1 aliphatic heterocycles. The normalized spacial score (nSPS) is 22.2. The van der Waals surface area contributed by atoms with Crippen molar-refractivity contribution in [1.29, 1.82) is 0 Å². The third kappa shape index (κ3) is 4.83. The van der Waals surface area contributed by atoms with Crippen LogP contribution in [0.2, 0.25) is 0 Å². The molecule has 1 aromatic rings. The van der Waals surface area contributed by atoms with E-state index in [1.165, 1.54) is 6.92 Å². The minimum Gasteiger partial charge on any atom is -0.355 e. The number of rotatable bonds is 5. The average Bonchev–Trinajstić information content (AvgIpc) is 2.78. The van der Waals surface area contributed by atoms with Gasteiger partial charge in [0.15, 0.2) is 0 Å². The summed E-state index contributed by atoms with van der Waals surface area (Å²) in [6.45, 7) is 4.30. The van der Waals surface area contributed by atoms with Gasteiger partial charge in [-0.15, -0.1) is 0 Å². The van der Waals surface area contributed by atoms with Gasteiger partial charge in [-0.3, -0.25) is 0 Å². The summed E-state index contributed by atoms with van der Waals surface area (Å²) in [6.07, 6.45) is -1.68. The highest BCUT2D eigenvalue weighted by molar-refractivity contribution is 7.88. The number of aryl methyl sites for hydroxylation is 1. The maximum absolute atomic E-state index is 13.0. The number of halogens is 3. The molecule has 0 bridgehead atoms. The third-order valence-corrected chi connectivity index (χ3v) is 4.79. The molecule has 1 saturated heterocycles. The zero-order valence-electron chi connectivity index (χ0n) is 13.9. The van der Waals surface area contributed by atoms with E-state index in [1.807, 2.05) is 6.92 Å². The topological polar surface area (TPSA) is 62.3 Å². The lowest BCUT2D eigenvalue weighted by Gasteiger charge is -2.19. The molecule has 1 aliphatic rings. The molecule has 0 aliphatic carbocycles. The standard InChI is InChI=1S/C15H22F3N3O2S/c1-4-5-11-8-21(9-13(11)20-24(3,22)23)14-7-12(15(16,17)18)6-10(2)19-14/h6-7,11,13,20H,4-5,8-9H2,1-3H3/t11-,13-/m1/s1. The Bertz CT molecular complexity index is 692. The smallest absolute Gasteiger partial charge is 0.355 e. The van der Waals surface area contributed by atoms with Crippen molar-refractivity contribution in [3.05, 3.63) is 23.4 Å². The second kappa shape index (κ2) is 6.87. The minimum absolute atomic E-state index is 0.0429. The van der Waals surface area contributed by atoms with E-state index in [0.29, 0.717) is 13.1 Å². The van der Waals surface area contributed by atoms with Crippen molar-refractivity contribution in [1.82, 2.24) is 9.71 Å². The molecule has 1 fully saturated rings. The Morgan fingerprint density at radius 3 is 2.54 bits per heavy atom. The van der Waals surface area contributed by atoms with Crippen LogP contribution in [0.1, 0.15) is 31.0 Å². The number of alkyl halides is 3. The molecule has 0 unspecified atom stereocenters. The Balaban J connectivity index is 2.28. The van der Waals surface area contributed by atoms with Crippen molar-refractivity contribution < 1.29 is 21.6 Å². The second-order valence-corrected chi connectivity index (χ2v) is 8.08. The Hall–Kier alpha value is -1.35. The van der Waals surface area contributed by atoms with Crippen LogP contribution in [0.4, 0.5) is 19.0 Å². The molecule has 24 heavy (non-hydrogen) atoms. The summed E-state index contributed by atoms with van der Waals surface area (Å²) in [6, 6.07) is 1.71. The first-order chi connectivity index (χ1) is 11.0. The summed E-state index contributed by atoms with van der Waals surface area (Å²) in [4.78, 5) is 5.93. The maximum atomic E-state index is 13.0. The summed E-state index contributed by atoms with van der Waals surface area (Å²) in [5.41, 5.74) is -0.456. The summed E-state index contributed by atoms with van der Waals surface area (Å²) in [5.74, 6) is 0.280. The van der Waals surface area contributed by atoms with Crippen LogP contribution in [0.15, 0.2) is 12.1 Å². The van der Waals surface area contributed by atoms with E-state index in [9.17, 15) is 21.6 Å². The van der Waals surface area contributed by atoms with Gasteiger partial charge in [0, 0.05) is 24.8 Å². The predicted octanol–water partition coefficient (Wildman–Crippen LogP) is 2.56. The van der Waals surface area contributed by atoms with E-state index in [1.54, 1.807) is 4.90 Å². The number of nitrogens with one attached hydrogen (secondary N) is 1. The molecule has 1 N–H and O–H groups in total. The summed E-state index contributed by atoms with van der Waals surface area (Å²) >= 11 is 0. The van der Waals surface area contributed by atoms with Gasteiger partial charge >= 0.3 is 6.18 Å². The Morgan fingerprint density at radius 2 is 2.00 bits per heavy atom. The summed E-state index contributed by atoms with van der Waals surface area (Å²) < 4.78 is 64.6. The molecule has 2 rings (SSSR count). The molecule has 9 heteroatoms. The number of sulfonamides is 1. The average molecular weight is 365 g/mol. The first-order valence-corrected chi connectivity index (χ1v) is 9.67. The SMILES string of the molecule is CCC[C@@H]1CN(c2cc(C(F)(F)F)cc(C)n2)C[C@H]1NS(C)(=O)=O. The van der Waals surface area contributed by atoms with Crippen molar-refractivity contribution in [2.75, 3.05) is 24.2 Å². The van der Waals surface area contributed by atoms with E-state index in [-0.39, 0.29) is 23.5 Å². The van der Waals surface area contributed by atoms with Crippen LogP contribution in [-0.2, 0) is 16.2 Å². The van der Waals surface area contributed by atoms with Crippen LogP contribution in [0.3, 0.4) is 0 Å². The molecule has 0 aromatic carbocycles. The molecule has 136 valence electrons. The molecular formula is C15H22F3N3O2S. The van der Waals surface area contributed by atoms with Gasteiger partial charge in [0.1, 0.15) is 5.82 Å². The highest BCUT2D eigenvalue weighted by atomic mass is 32.2. The molecule has 0 spiro atoms. The van der Waals surface area contributed by atoms with Gasteiger partial charge in [-0.25, -0.2) is 18.1 Å². The predicted molar refractivity (Wildman–Crippen MR) is 86.4 cm³/mol. The molecule has 2 atom stereocenters. The van der Waals surface area contributed by atoms with E-state index in [2.05, 4.69) is 9.71 Å². The maximum Gasteiger partial charge on any atom is 0.416 e. The lowest BCUT2D eigenvalue weighted by Crippen LogP contribution is -2.40. The second-order valence-electron chi connectivity index (χ2n) is 6.30. The van der Waals surface area contributed by atoms with Gasteiger partial charge in [-0.2, -0.15) is 13.2 Å². The Kier molecular flexibility index (Phi) is 5.44. The van der Waals surface area contributed by atoms with Crippen molar-refractivity contribution >= 4 is 15.8 Å². The number of pyridine rings is 1. The number of hydrogen-bond acceptors (Lipinski definition) is 4. The largest absolute Gasteiger partial charge is 0.416 e. The van der Waals surface area contributed by atoms with Crippen LogP contribution in [0.5, 0.6) is 0 Å². The fraction of sp³-hybridized carbons (Fsp3) is 0.667. The van der Waals surface area contributed by atoms with Crippen molar-refractivity contribution in [3.8, 4) is 0 Å². The highest BCUT2D eigenvalue weighted by Crippen LogP contribution is 2.33. The van der Waals surface area contributed by atoms with Crippen LogP contribution in [0, 0.1) is 12.8 Å². The third-order valence-electron chi connectivity index (χ3n) is 4.06. The highest BCUT2D eigenvalue weighted by Gasteiger charge is 2.36. The number of hydrogen-bond donors (Lipinski definition) is 1. The lowest BCUT2D eigenvalue weighted by atomic mass is 9.99. The van der Waals surface area contributed by atoms with Crippen molar-refractivity contribution in [3.63, 3.8) is 0 Å². The lowest BCUT2D eigenvalue weighted by molar-refractivity contribution is -0.137. The van der Waals surface area contributed by atoms with Crippen LogP contribution in [0.25, 0.3) is 0 Å². The van der Waals surface area contributed by atoms with Crippen LogP contribution >= 0.6 is 0 Å². The zero-order chi connectivity index (χ0) is 18.1. The van der Waals surface area contributed by atoms with Crippen LogP contribution in [-0.4, -0.2) is 38.8 Å². The van der Waals surface area contributed by atoms with E-state index < -0.39 is 21.8 Å². The Labute approximate surface area is 140 Å². The summed E-state index contributed by atoms with van der Waals surface area (Å²) in [7, 11) is -3.38. The first-order valence-electron chi connectivity index (χ1n) is 7.77. The van der Waals surface area contributed by atoms with Crippen molar-refractivity contribution in [2.45, 2.75) is 38.9 Å². The fourth-order valence-corrected chi connectivity index (χ4v) is 3.92. The van der Waals surface area contributed by atoms with Crippen LogP contribution < -0.4 is 9.62 Å². The molecule has 1 aromatic heterocycles.